The Morgan fingerprint density at radius 2 is 2.22 bits per heavy atom. The van der Waals surface area contributed by atoms with E-state index in [1.807, 2.05) is 28.0 Å². The smallest absolute Gasteiger partial charge is 0.318 e. The number of urea groups is 1. The first-order valence-corrected chi connectivity index (χ1v) is 7.04. The Labute approximate surface area is 115 Å². The number of halogens is 1. The van der Waals surface area contributed by atoms with Gasteiger partial charge in [0.2, 0.25) is 0 Å². The lowest BCUT2D eigenvalue weighted by Crippen LogP contribution is -2.49. The van der Waals surface area contributed by atoms with E-state index in [1.165, 1.54) is 5.56 Å². The molecule has 1 unspecified atom stereocenters. The highest BCUT2D eigenvalue weighted by Crippen LogP contribution is 2.23. The zero-order chi connectivity index (χ0) is 12.5. The molecule has 18 heavy (non-hydrogen) atoms. The van der Waals surface area contributed by atoms with Crippen molar-refractivity contribution >= 4 is 22.0 Å². The molecule has 2 aliphatic rings. The molecule has 3 rings (SSSR count). The van der Waals surface area contributed by atoms with Crippen LogP contribution in [-0.4, -0.2) is 48.1 Å². The summed E-state index contributed by atoms with van der Waals surface area (Å²) in [7, 11) is 0. The molecular formula is C13H16BrN3O. The molecule has 2 saturated heterocycles. The van der Waals surface area contributed by atoms with Crippen LogP contribution in [0.3, 0.4) is 0 Å². The maximum Gasteiger partial charge on any atom is 0.320 e. The number of piperazine rings is 1. The van der Waals surface area contributed by atoms with Gasteiger partial charge in [0.05, 0.1) is 6.04 Å². The van der Waals surface area contributed by atoms with E-state index in [1.54, 1.807) is 0 Å². The topological polar surface area (TPSA) is 35.6 Å². The van der Waals surface area contributed by atoms with Gasteiger partial charge >= 0.3 is 6.03 Å². The zero-order valence-electron chi connectivity index (χ0n) is 10.1. The van der Waals surface area contributed by atoms with Gasteiger partial charge in [-0.15, -0.1) is 0 Å². The Balaban J connectivity index is 1.74. The summed E-state index contributed by atoms with van der Waals surface area (Å²) in [5, 5.41) is 3.34. The van der Waals surface area contributed by atoms with Gasteiger partial charge in [-0.2, -0.15) is 0 Å². The van der Waals surface area contributed by atoms with Crippen LogP contribution in [0.15, 0.2) is 28.7 Å². The molecule has 1 aromatic carbocycles. The average Bonchev–Trinajstić information content (AvgIpc) is 2.70. The fourth-order valence-corrected chi connectivity index (χ4v) is 3.06. The highest BCUT2D eigenvalue weighted by atomic mass is 79.9. The molecule has 0 saturated carbocycles. The fourth-order valence-electron chi connectivity index (χ4n) is 2.65. The summed E-state index contributed by atoms with van der Waals surface area (Å²) in [4.78, 5) is 16.2. The van der Waals surface area contributed by atoms with Crippen molar-refractivity contribution in [1.82, 2.24) is 15.1 Å². The number of nitrogens with one attached hydrogen (secondary N) is 1. The molecule has 5 heteroatoms. The molecule has 1 atom stereocenters. The van der Waals surface area contributed by atoms with E-state index in [0.29, 0.717) is 12.6 Å². The standard InChI is InChI=1S/C13H16BrN3O/c14-12-4-2-1-3-10(12)8-16-9-11-7-15-5-6-17(11)13(16)18/h1-4,11,15H,5-9H2. The first kappa shape index (κ1) is 12.0. The Hall–Kier alpha value is -1.07. The average molecular weight is 310 g/mol. The summed E-state index contributed by atoms with van der Waals surface area (Å²) < 4.78 is 1.07. The van der Waals surface area contributed by atoms with Crippen molar-refractivity contribution in [2.24, 2.45) is 0 Å². The zero-order valence-corrected chi connectivity index (χ0v) is 11.7. The molecule has 2 heterocycles. The first-order chi connectivity index (χ1) is 8.75. The molecule has 4 nitrogen and oxygen atoms in total. The maximum atomic E-state index is 12.3. The van der Waals surface area contributed by atoms with Gasteiger partial charge in [-0.1, -0.05) is 34.1 Å². The lowest BCUT2D eigenvalue weighted by molar-refractivity contribution is 0.178. The summed E-state index contributed by atoms with van der Waals surface area (Å²) in [6.07, 6.45) is 0. The van der Waals surface area contributed by atoms with Gasteiger partial charge in [0, 0.05) is 37.2 Å². The van der Waals surface area contributed by atoms with Gasteiger partial charge in [-0.05, 0) is 11.6 Å². The summed E-state index contributed by atoms with van der Waals surface area (Å²) in [6.45, 7) is 4.17. The fraction of sp³-hybridized carbons (Fsp3) is 0.462. The third-order valence-corrected chi connectivity index (χ3v) is 4.39. The van der Waals surface area contributed by atoms with E-state index >= 15 is 0 Å². The van der Waals surface area contributed by atoms with Crippen LogP contribution in [-0.2, 0) is 6.54 Å². The second-order valence-electron chi connectivity index (χ2n) is 4.81. The van der Waals surface area contributed by atoms with Crippen molar-refractivity contribution in [1.29, 1.82) is 0 Å². The van der Waals surface area contributed by atoms with Crippen LogP contribution < -0.4 is 5.32 Å². The number of benzene rings is 1. The van der Waals surface area contributed by atoms with Gasteiger partial charge in [-0.25, -0.2) is 4.79 Å². The highest BCUT2D eigenvalue weighted by Gasteiger charge is 2.38. The third-order valence-electron chi connectivity index (χ3n) is 3.62. The largest absolute Gasteiger partial charge is 0.320 e. The van der Waals surface area contributed by atoms with Gasteiger partial charge < -0.3 is 15.1 Å². The SMILES string of the molecule is O=C1N(Cc2ccccc2Br)CC2CNCCN12. The molecule has 2 aliphatic heterocycles. The summed E-state index contributed by atoms with van der Waals surface area (Å²) in [5.74, 6) is 0. The minimum atomic E-state index is 0.178. The Morgan fingerprint density at radius 3 is 3.00 bits per heavy atom. The first-order valence-electron chi connectivity index (χ1n) is 6.25. The van der Waals surface area contributed by atoms with E-state index in [-0.39, 0.29) is 6.03 Å². The second-order valence-corrected chi connectivity index (χ2v) is 5.66. The lowest BCUT2D eigenvalue weighted by Gasteiger charge is -2.28. The number of hydrogen-bond acceptors (Lipinski definition) is 2. The molecule has 2 fully saturated rings. The van der Waals surface area contributed by atoms with Crippen LogP contribution in [0.1, 0.15) is 5.56 Å². The Kier molecular flexibility index (Phi) is 3.26. The normalized spacial score (nSPS) is 23.4. The quantitative estimate of drug-likeness (QED) is 0.902. The van der Waals surface area contributed by atoms with Crippen molar-refractivity contribution in [3.8, 4) is 0 Å². The lowest BCUT2D eigenvalue weighted by atomic mass is 10.2. The van der Waals surface area contributed by atoms with E-state index in [2.05, 4.69) is 27.3 Å². The number of carbonyl (C=O) groups is 1. The predicted molar refractivity (Wildman–Crippen MR) is 73.3 cm³/mol. The maximum absolute atomic E-state index is 12.3. The highest BCUT2D eigenvalue weighted by molar-refractivity contribution is 9.10. The van der Waals surface area contributed by atoms with E-state index in [4.69, 9.17) is 0 Å². The van der Waals surface area contributed by atoms with Gasteiger partial charge in [0.15, 0.2) is 0 Å². The molecule has 0 spiro atoms. The number of carbonyl (C=O) groups excluding carboxylic acids is 1. The molecule has 0 radical (unpaired) electrons. The molecule has 1 N–H and O–H groups in total. The number of amides is 2. The van der Waals surface area contributed by atoms with Crippen LogP contribution >= 0.6 is 15.9 Å². The predicted octanol–water partition coefficient (Wildman–Crippen LogP) is 1.66. The number of hydrogen-bond donors (Lipinski definition) is 1. The summed E-state index contributed by atoms with van der Waals surface area (Å²) in [6, 6.07) is 8.60. The minimum Gasteiger partial charge on any atom is -0.318 e. The number of nitrogens with zero attached hydrogens (tertiary/aromatic N) is 2. The van der Waals surface area contributed by atoms with Crippen LogP contribution in [0.2, 0.25) is 0 Å². The van der Waals surface area contributed by atoms with Crippen LogP contribution in [0.4, 0.5) is 4.79 Å². The van der Waals surface area contributed by atoms with Crippen LogP contribution in [0.5, 0.6) is 0 Å². The Morgan fingerprint density at radius 1 is 1.39 bits per heavy atom. The summed E-state index contributed by atoms with van der Waals surface area (Å²) >= 11 is 3.54. The monoisotopic (exact) mass is 309 g/mol. The van der Waals surface area contributed by atoms with Crippen molar-refractivity contribution in [3.63, 3.8) is 0 Å². The molecule has 0 bridgehead atoms. The molecule has 1 aromatic rings. The second kappa shape index (κ2) is 4.90. The van der Waals surface area contributed by atoms with E-state index < -0.39 is 0 Å². The number of fused-ring (bicyclic) bond motifs is 1. The van der Waals surface area contributed by atoms with Crippen molar-refractivity contribution < 1.29 is 4.79 Å². The summed E-state index contributed by atoms with van der Waals surface area (Å²) in [5.41, 5.74) is 1.17. The van der Waals surface area contributed by atoms with Crippen molar-refractivity contribution in [2.75, 3.05) is 26.2 Å². The van der Waals surface area contributed by atoms with Gasteiger partial charge in [-0.3, -0.25) is 0 Å². The third kappa shape index (κ3) is 2.12. The van der Waals surface area contributed by atoms with Gasteiger partial charge in [0.25, 0.3) is 0 Å². The molecular weight excluding hydrogens is 294 g/mol. The number of rotatable bonds is 2. The van der Waals surface area contributed by atoms with Gasteiger partial charge in [0.1, 0.15) is 0 Å². The molecule has 96 valence electrons. The minimum absolute atomic E-state index is 0.178. The van der Waals surface area contributed by atoms with Crippen molar-refractivity contribution in [2.45, 2.75) is 12.6 Å². The molecule has 2 amide bonds. The Bertz CT molecular complexity index is 465. The van der Waals surface area contributed by atoms with Crippen LogP contribution in [0, 0.1) is 0 Å². The van der Waals surface area contributed by atoms with Crippen LogP contribution in [0.25, 0.3) is 0 Å². The molecule has 0 aliphatic carbocycles. The van der Waals surface area contributed by atoms with Crippen molar-refractivity contribution in [3.05, 3.63) is 34.3 Å². The van der Waals surface area contributed by atoms with E-state index in [9.17, 15) is 4.79 Å². The molecule has 0 aromatic heterocycles. The van der Waals surface area contributed by atoms with E-state index in [0.717, 1.165) is 30.7 Å².